The van der Waals surface area contributed by atoms with E-state index < -0.39 is 0 Å². The maximum Gasteiger partial charge on any atom is 0.243 e. The van der Waals surface area contributed by atoms with Crippen molar-refractivity contribution in [2.75, 3.05) is 11.9 Å². The third-order valence-corrected chi connectivity index (χ3v) is 3.08. The predicted octanol–water partition coefficient (Wildman–Crippen LogP) is 3.10. The Kier molecular flexibility index (Phi) is 5.53. The van der Waals surface area contributed by atoms with E-state index in [1.807, 2.05) is 53.7 Å². The molecule has 0 fully saturated rings. The molecule has 1 aromatic carbocycles. The van der Waals surface area contributed by atoms with Crippen molar-refractivity contribution in [3.8, 4) is 0 Å². The van der Waals surface area contributed by atoms with Crippen molar-refractivity contribution in [1.29, 1.82) is 0 Å². The monoisotopic (exact) mass is 290 g/mol. The van der Waals surface area contributed by atoms with E-state index in [1.165, 1.54) is 5.56 Å². The van der Waals surface area contributed by atoms with E-state index in [0.717, 1.165) is 16.8 Å². The quantitative estimate of drug-likeness (QED) is 0.895. The molecule has 2 amide bonds. The van der Waals surface area contributed by atoms with Gasteiger partial charge in [0.15, 0.2) is 0 Å². The molecule has 0 bridgehead atoms. The van der Waals surface area contributed by atoms with E-state index in [2.05, 4.69) is 10.6 Å². The Morgan fingerprint density at radius 3 is 2.00 bits per heavy atom. The van der Waals surface area contributed by atoms with E-state index in [1.54, 1.807) is 0 Å². The molecule has 0 saturated heterocycles. The van der Waals surface area contributed by atoms with Gasteiger partial charge >= 0.3 is 0 Å². The van der Waals surface area contributed by atoms with Gasteiger partial charge in [0.1, 0.15) is 0 Å². The fraction of sp³-hybridized carbons (Fsp3) is 0.529. The lowest BCUT2D eigenvalue weighted by Crippen LogP contribution is -2.34. The SMILES string of the molecule is Cc1cc(C)c(NC(=O)CNC(=O)CC(C)(C)C)c(C)c1. The third-order valence-electron chi connectivity index (χ3n) is 3.08. The van der Waals surface area contributed by atoms with E-state index in [9.17, 15) is 9.59 Å². The summed E-state index contributed by atoms with van der Waals surface area (Å²) in [7, 11) is 0. The molecule has 0 heterocycles. The second-order valence-corrected chi connectivity index (χ2v) is 6.84. The summed E-state index contributed by atoms with van der Waals surface area (Å²) in [6, 6.07) is 4.06. The molecule has 0 unspecified atom stereocenters. The number of benzene rings is 1. The molecule has 0 atom stereocenters. The number of amides is 2. The van der Waals surface area contributed by atoms with Crippen LogP contribution in [-0.2, 0) is 9.59 Å². The number of nitrogens with one attached hydrogen (secondary N) is 2. The average Bonchev–Trinajstić information content (AvgIpc) is 2.29. The number of hydrogen-bond donors (Lipinski definition) is 2. The maximum absolute atomic E-state index is 11.9. The van der Waals surface area contributed by atoms with Crippen LogP contribution < -0.4 is 10.6 Å². The van der Waals surface area contributed by atoms with E-state index >= 15 is 0 Å². The van der Waals surface area contributed by atoms with Crippen LogP contribution in [0.1, 0.15) is 43.9 Å². The predicted molar refractivity (Wildman–Crippen MR) is 86.4 cm³/mol. The minimum atomic E-state index is -0.202. The summed E-state index contributed by atoms with van der Waals surface area (Å²) in [6.07, 6.45) is 0.406. The molecule has 0 aliphatic carbocycles. The molecule has 4 nitrogen and oxygen atoms in total. The van der Waals surface area contributed by atoms with Crippen molar-refractivity contribution in [3.63, 3.8) is 0 Å². The first kappa shape index (κ1) is 17.2. The molecule has 0 radical (unpaired) electrons. The van der Waals surface area contributed by atoms with Gasteiger partial charge in [0, 0.05) is 12.1 Å². The fourth-order valence-corrected chi connectivity index (χ4v) is 2.28. The molecule has 1 rings (SSSR count). The first-order valence-corrected chi connectivity index (χ1v) is 7.23. The van der Waals surface area contributed by atoms with Crippen LogP contribution in [0.4, 0.5) is 5.69 Å². The Balaban J connectivity index is 2.57. The number of anilines is 1. The lowest BCUT2D eigenvalue weighted by molar-refractivity contribution is -0.125. The van der Waals surface area contributed by atoms with Crippen LogP contribution in [0.2, 0.25) is 0 Å². The van der Waals surface area contributed by atoms with Crippen molar-refractivity contribution in [2.45, 2.75) is 48.0 Å². The smallest absolute Gasteiger partial charge is 0.243 e. The highest BCUT2D eigenvalue weighted by molar-refractivity contribution is 5.95. The van der Waals surface area contributed by atoms with Gasteiger partial charge in [-0.25, -0.2) is 0 Å². The Bertz CT molecular complexity index is 519. The van der Waals surface area contributed by atoms with Crippen LogP contribution in [0.25, 0.3) is 0 Å². The van der Waals surface area contributed by atoms with E-state index in [4.69, 9.17) is 0 Å². The number of rotatable bonds is 4. The summed E-state index contributed by atoms with van der Waals surface area (Å²) in [4.78, 5) is 23.6. The molecule has 0 spiro atoms. The lowest BCUT2D eigenvalue weighted by Gasteiger charge is -2.17. The molecule has 116 valence electrons. The highest BCUT2D eigenvalue weighted by Crippen LogP contribution is 2.21. The van der Waals surface area contributed by atoms with Crippen molar-refractivity contribution in [1.82, 2.24) is 5.32 Å². The molecular weight excluding hydrogens is 264 g/mol. The van der Waals surface area contributed by atoms with E-state index in [0.29, 0.717) is 6.42 Å². The van der Waals surface area contributed by atoms with Gasteiger partial charge < -0.3 is 10.6 Å². The zero-order chi connectivity index (χ0) is 16.2. The zero-order valence-electron chi connectivity index (χ0n) is 13.9. The van der Waals surface area contributed by atoms with Gasteiger partial charge in [-0.05, 0) is 37.3 Å². The Hall–Kier alpha value is -1.84. The minimum absolute atomic E-state index is 0.00166. The summed E-state index contributed by atoms with van der Waals surface area (Å²) < 4.78 is 0. The number of aryl methyl sites for hydroxylation is 3. The number of carbonyl (C=O) groups is 2. The van der Waals surface area contributed by atoms with Crippen molar-refractivity contribution >= 4 is 17.5 Å². The number of carbonyl (C=O) groups excluding carboxylic acids is 2. The molecule has 4 heteroatoms. The van der Waals surface area contributed by atoms with Crippen LogP contribution in [0, 0.1) is 26.2 Å². The Labute approximate surface area is 127 Å². The van der Waals surface area contributed by atoms with Crippen molar-refractivity contribution in [2.24, 2.45) is 5.41 Å². The molecule has 0 aliphatic heterocycles. The second-order valence-electron chi connectivity index (χ2n) is 6.84. The number of hydrogen-bond acceptors (Lipinski definition) is 2. The largest absolute Gasteiger partial charge is 0.347 e. The van der Waals surface area contributed by atoms with Crippen LogP contribution >= 0.6 is 0 Å². The molecule has 2 N–H and O–H groups in total. The molecule has 0 aromatic heterocycles. The molecular formula is C17H26N2O2. The standard InChI is InChI=1S/C17H26N2O2/c1-11-7-12(2)16(13(3)8-11)19-15(21)10-18-14(20)9-17(4,5)6/h7-8H,9-10H2,1-6H3,(H,18,20)(H,19,21). The average molecular weight is 290 g/mol. The van der Waals surface area contributed by atoms with Gasteiger partial charge in [-0.1, -0.05) is 38.5 Å². The van der Waals surface area contributed by atoms with Gasteiger partial charge in [0.05, 0.1) is 6.54 Å². The molecule has 21 heavy (non-hydrogen) atoms. The topological polar surface area (TPSA) is 58.2 Å². The van der Waals surface area contributed by atoms with Crippen LogP contribution in [-0.4, -0.2) is 18.4 Å². The molecule has 1 aromatic rings. The van der Waals surface area contributed by atoms with Crippen molar-refractivity contribution < 1.29 is 9.59 Å². The minimum Gasteiger partial charge on any atom is -0.347 e. The summed E-state index contributed by atoms with van der Waals surface area (Å²) in [5, 5.41) is 5.53. The third kappa shape index (κ3) is 5.98. The maximum atomic E-state index is 11.9. The van der Waals surface area contributed by atoms with Crippen LogP contribution in [0.3, 0.4) is 0 Å². The lowest BCUT2D eigenvalue weighted by atomic mass is 9.92. The van der Waals surface area contributed by atoms with Crippen LogP contribution in [0.15, 0.2) is 12.1 Å². The zero-order valence-corrected chi connectivity index (χ0v) is 13.9. The van der Waals surface area contributed by atoms with Gasteiger partial charge in [0.2, 0.25) is 11.8 Å². The fourth-order valence-electron chi connectivity index (χ4n) is 2.28. The van der Waals surface area contributed by atoms with E-state index in [-0.39, 0.29) is 23.8 Å². The molecule has 0 aliphatic rings. The highest BCUT2D eigenvalue weighted by Gasteiger charge is 2.16. The highest BCUT2D eigenvalue weighted by atomic mass is 16.2. The first-order valence-electron chi connectivity index (χ1n) is 7.23. The summed E-state index contributed by atoms with van der Waals surface area (Å²) >= 11 is 0. The summed E-state index contributed by atoms with van der Waals surface area (Å²) in [5.74, 6) is -0.303. The van der Waals surface area contributed by atoms with Crippen molar-refractivity contribution in [3.05, 3.63) is 28.8 Å². The second kappa shape index (κ2) is 6.74. The summed E-state index contributed by atoms with van der Waals surface area (Å²) in [6.45, 7) is 11.9. The Morgan fingerprint density at radius 2 is 1.52 bits per heavy atom. The van der Waals surface area contributed by atoms with Crippen LogP contribution in [0.5, 0.6) is 0 Å². The molecule has 0 saturated carbocycles. The normalized spacial score (nSPS) is 11.1. The Morgan fingerprint density at radius 1 is 1.00 bits per heavy atom. The van der Waals surface area contributed by atoms with Gasteiger partial charge in [-0.3, -0.25) is 9.59 Å². The van der Waals surface area contributed by atoms with Gasteiger partial charge in [-0.15, -0.1) is 0 Å². The van der Waals surface area contributed by atoms with Gasteiger partial charge in [0.25, 0.3) is 0 Å². The first-order chi connectivity index (χ1) is 9.58. The summed E-state index contributed by atoms with van der Waals surface area (Å²) in [5.41, 5.74) is 3.98. The van der Waals surface area contributed by atoms with Gasteiger partial charge in [-0.2, -0.15) is 0 Å².